The van der Waals surface area contributed by atoms with Gasteiger partial charge in [0.2, 0.25) is 0 Å². The Morgan fingerprint density at radius 1 is 1.39 bits per heavy atom. The van der Waals surface area contributed by atoms with Gasteiger partial charge < -0.3 is 10.1 Å². The van der Waals surface area contributed by atoms with Crippen LogP contribution in [0.1, 0.15) is 37.9 Å². The Kier molecular flexibility index (Phi) is 4.82. The fourth-order valence-electron chi connectivity index (χ4n) is 3.06. The molecule has 0 spiro atoms. The zero-order chi connectivity index (χ0) is 19.7. The van der Waals surface area contributed by atoms with Crippen LogP contribution in [-0.4, -0.2) is 33.3 Å². The fourth-order valence-corrected chi connectivity index (χ4v) is 3.06. The van der Waals surface area contributed by atoms with E-state index in [9.17, 15) is 4.39 Å². The Labute approximate surface area is 161 Å². The number of anilines is 1. The van der Waals surface area contributed by atoms with Gasteiger partial charge in [-0.1, -0.05) is 0 Å². The molecule has 1 unspecified atom stereocenters. The Bertz CT molecular complexity index is 1030. The molecule has 0 saturated carbocycles. The van der Waals surface area contributed by atoms with E-state index in [-0.39, 0.29) is 18.1 Å². The van der Waals surface area contributed by atoms with Gasteiger partial charge in [0, 0.05) is 11.8 Å². The number of nitrogens with one attached hydrogen (secondary N) is 2. The summed E-state index contributed by atoms with van der Waals surface area (Å²) in [5.41, 5.74) is 4.88. The second-order valence-electron chi connectivity index (χ2n) is 6.42. The zero-order valence-electron chi connectivity index (χ0n) is 15.8. The monoisotopic (exact) mass is 384 g/mol. The van der Waals surface area contributed by atoms with Crippen LogP contribution < -0.4 is 15.5 Å². The van der Waals surface area contributed by atoms with Crippen LogP contribution >= 0.6 is 0 Å². The highest BCUT2D eigenvalue weighted by molar-refractivity contribution is 6.03. The van der Waals surface area contributed by atoms with E-state index in [1.54, 1.807) is 23.0 Å². The lowest BCUT2D eigenvalue weighted by Gasteiger charge is -2.18. The van der Waals surface area contributed by atoms with Gasteiger partial charge in [-0.3, -0.25) is 0 Å². The lowest BCUT2D eigenvalue weighted by atomic mass is 10.1. The molecule has 0 aliphatic carbocycles. The van der Waals surface area contributed by atoms with E-state index < -0.39 is 0 Å². The molecule has 8 nitrogen and oxygen atoms in total. The van der Waals surface area contributed by atoms with Crippen molar-refractivity contribution in [3.8, 4) is 5.75 Å². The predicted molar refractivity (Wildman–Crippen MR) is 103 cm³/mol. The second-order valence-corrected chi connectivity index (χ2v) is 6.42. The molecule has 1 aliphatic heterocycles. The van der Waals surface area contributed by atoms with E-state index >= 15 is 0 Å². The average Bonchev–Trinajstić information content (AvgIpc) is 3.29. The number of ether oxygens (including phenoxy) is 1. The summed E-state index contributed by atoms with van der Waals surface area (Å²) >= 11 is 0. The van der Waals surface area contributed by atoms with Crippen molar-refractivity contribution in [3.05, 3.63) is 53.6 Å². The molecule has 0 radical (unpaired) electrons. The summed E-state index contributed by atoms with van der Waals surface area (Å²) < 4.78 is 21.1. The number of hydrogen-bond donors (Lipinski definition) is 2. The van der Waals surface area contributed by atoms with Crippen LogP contribution in [0.5, 0.6) is 5.75 Å². The molecule has 0 amide bonds. The number of rotatable bonds is 6. The molecular formula is C19H21FN6O2. The van der Waals surface area contributed by atoms with Crippen molar-refractivity contribution in [2.45, 2.75) is 33.0 Å². The largest absolute Gasteiger partial charge is 0.494 e. The molecule has 2 aromatic heterocycles. The maximum atomic E-state index is 13.8. The number of fused-ring (bicyclic) bond motifs is 1. The van der Waals surface area contributed by atoms with Crippen molar-refractivity contribution in [2.75, 3.05) is 11.9 Å². The molecule has 0 bridgehead atoms. The minimum absolute atomic E-state index is 0.219. The van der Waals surface area contributed by atoms with Gasteiger partial charge in [-0.2, -0.15) is 5.10 Å². The minimum atomic E-state index is -0.312. The molecule has 2 atom stereocenters. The highest BCUT2D eigenvalue weighted by Crippen LogP contribution is 2.28. The van der Waals surface area contributed by atoms with Crippen LogP contribution in [0.15, 0.2) is 41.7 Å². The lowest BCUT2D eigenvalue weighted by Crippen LogP contribution is -2.18. The first-order valence-corrected chi connectivity index (χ1v) is 9.08. The maximum Gasteiger partial charge on any atom is 0.174 e. The van der Waals surface area contributed by atoms with Crippen molar-refractivity contribution in [2.24, 2.45) is 4.99 Å². The zero-order valence-corrected chi connectivity index (χ0v) is 15.8. The van der Waals surface area contributed by atoms with Crippen molar-refractivity contribution in [3.63, 3.8) is 0 Å². The van der Waals surface area contributed by atoms with E-state index in [0.29, 0.717) is 29.7 Å². The third kappa shape index (κ3) is 3.48. The normalized spacial score (nSPS) is 17.3. The van der Waals surface area contributed by atoms with E-state index in [0.717, 1.165) is 11.1 Å². The Morgan fingerprint density at radius 3 is 3.00 bits per heavy atom. The molecule has 1 aromatic carbocycles. The summed E-state index contributed by atoms with van der Waals surface area (Å²) in [5.74, 6) is 1.55. The number of aromatic nitrogens is 3. The molecule has 3 heterocycles. The SMILES string of the molecule is CCOc1ccc(F)cc1[C@@H](C)Nc1ccn2ncc(C3=NC(C)ON3)c2n1. The fraction of sp³-hybridized carbons (Fsp3) is 0.316. The predicted octanol–water partition coefficient (Wildman–Crippen LogP) is 3.07. The Balaban J connectivity index is 1.63. The summed E-state index contributed by atoms with van der Waals surface area (Å²) in [7, 11) is 0. The molecule has 4 rings (SSSR count). The quantitative estimate of drug-likeness (QED) is 0.679. The van der Waals surface area contributed by atoms with Crippen LogP contribution in [-0.2, 0) is 4.84 Å². The maximum absolute atomic E-state index is 13.8. The van der Waals surface area contributed by atoms with Gasteiger partial charge in [-0.25, -0.2) is 29.2 Å². The molecule has 1 aliphatic rings. The lowest BCUT2D eigenvalue weighted by molar-refractivity contribution is 0.0504. The molecule has 3 aromatic rings. The van der Waals surface area contributed by atoms with E-state index in [1.165, 1.54) is 12.1 Å². The number of nitrogens with zero attached hydrogens (tertiary/aromatic N) is 4. The van der Waals surface area contributed by atoms with E-state index in [4.69, 9.17) is 9.57 Å². The highest BCUT2D eigenvalue weighted by Gasteiger charge is 2.20. The van der Waals surface area contributed by atoms with Crippen molar-refractivity contribution >= 4 is 17.3 Å². The van der Waals surface area contributed by atoms with Crippen LogP contribution in [0.2, 0.25) is 0 Å². The number of hydrogen-bond acceptors (Lipinski definition) is 7. The van der Waals surface area contributed by atoms with Crippen LogP contribution in [0.3, 0.4) is 0 Å². The summed E-state index contributed by atoms with van der Waals surface area (Å²) in [6.45, 7) is 6.16. The van der Waals surface area contributed by atoms with Crippen molar-refractivity contribution in [1.29, 1.82) is 0 Å². The molecular weight excluding hydrogens is 363 g/mol. The summed E-state index contributed by atoms with van der Waals surface area (Å²) in [5, 5.41) is 7.60. The van der Waals surface area contributed by atoms with Gasteiger partial charge in [0.25, 0.3) is 0 Å². The minimum Gasteiger partial charge on any atom is -0.494 e. The molecule has 146 valence electrons. The van der Waals surface area contributed by atoms with Gasteiger partial charge in [0.05, 0.1) is 24.4 Å². The smallest absolute Gasteiger partial charge is 0.174 e. The van der Waals surface area contributed by atoms with E-state index in [2.05, 4.69) is 25.9 Å². The molecule has 9 heteroatoms. The number of amidine groups is 1. The first-order valence-electron chi connectivity index (χ1n) is 9.08. The molecule has 28 heavy (non-hydrogen) atoms. The molecule has 0 fully saturated rings. The van der Waals surface area contributed by atoms with Gasteiger partial charge in [-0.05, 0) is 45.0 Å². The number of benzene rings is 1. The van der Waals surface area contributed by atoms with E-state index in [1.807, 2.05) is 26.8 Å². The van der Waals surface area contributed by atoms with Crippen molar-refractivity contribution in [1.82, 2.24) is 20.1 Å². The first-order chi connectivity index (χ1) is 13.5. The highest BCUT2D eigenvalue weighted by atomic mass is 19.1. The molecule has 0 saturated heterocycles. The van der Waals surface area contributed by atoms with Gasteiger partial charge in [0.15, 0.2) is 17.7 Å². The third-order valence-electron chi connectivity index (χ3n) is 4.36. The van der Waals surface area contributed by atoms with Crippen LogP contribution in [0, 0.1) is 5.82 Å². The summed E-state index contributed by atoms with van der Waals surface area (Å²) in [4.78, 5) is 14.3. The third-order valence-corrected chi connectivity index (χ3v) is 4.36. The van der Waals surface area contributed by atoms with Crippen LogP contribution in [0.4, 0.5) is 10.2 Å². The number of aliphatic imine (C=N–C) groups is 1. The Morgan fingerprint density at radius 2 is 2.25 bits per heavy atom. The average molecular weight is 384 g/mol. The van der Waals surface area contributed by atoms with Gasteiger partial charge >= 0.3 is 0 Å². The Hall–Kier alpha value is -3.20. The van der Waals surface area contributed by atoms with Gasteiger partial charge in [-0.15, -0.1) is 0 Å². The number of hydroxylamine groups is 1. The molecule has 2 N–H and O–H groups in total. The standard InChI is InChI=1S/C19H21FN6O2/c1-4-27-16-6-5-13(20)9-14(16)11(2)22-17-7-8-26-19(24-17)15(10-21-26)18-23-12(3)28-25-18/h5-12H,4H2,1-3H3,(H,22,24)(H,23,25)/t11-,12?/m1/s1. The first kappa shape index (κ1) is 18.2. The summed E-state index contributed by atoms with van der Waals surface area (Å²) in [6, 6.07) is 6.10. The topological polar surface area (TPSA) is 85.1 Å². The van der Waals surface area contributed by atoms with Crippen molar-refractivity contribution < 1.29 is 14.0 Å². The van der Waals surface area contributed by atoms with Crippen LogP contribution in [0.25, 0.3) is 5.65 Å². The van der Waals surface area contributed by atoms with Gasteiger partial charge in [0.1, 0.15) is 17.4 Å². The number of halogens is 1. The summed E-state index contributed by atoms with van der Waals surface area (Å²) in [6.07, 6.45) is 3.22. The second kappa shape index (κ2) is 7.43.